The Bertz CT molecular complexity index is 1760. The highest BCUT2D eigenvalue weighted by Crippen LogP contribution is 2.34. The number of sulfonamides is 1. The van der Waals surface area contributed by atoms with Crippen molar-refractivity contribution in [2.45, 2.75) is 10.5 Å². The maximum atomic E-state index is 12.8. The van der Waals surface area contributed by atoms with Gasteiger partial charge in [-0.15, -0.1) is 4.40 Å². The number of ether oxygens (including phenoxy) is 1. The highest BCUT2D eigenvalue weighted by atomic mass is 35.5. The number of guanidine groups is 1. The van der Waals surface area contributed by atoms with Gasteiger partial charge in [0.2, 0.25) is 5.96 Å². The van der Waals surface area contributed by atoms with Gasteiger partial charge in [0.15, 0.2) is 5.60 Å². The summed E-state index contributed by atoms with van der Waals surface area (Å²) in [7, 11) is -4.18. The fraction of sp³-hybridized carbons (Fsp3) is 0.0690. The van der Waals surface area contributed by atoms with E-state index >= 15 is 0 Å². The van der Waals surface area contributed by atoms with Crippen LogP contribution >= 0.6 is 11.6 Å². The number of rotatable bonds is 7. The summed E-state index contributed by atoms with van der Waals surface area (Å²) < 4.78 is 35.2. The number of aromatic carboxylic acids is 1. The van der Waals surface area contributed by atoms with E-state index in [9.17, 15) is 23.4 Å². The maximum Gasteiger partial charge on any atom is 0.335 e. The Labute approximate surface area is 240 Å². The van der Waals surface area contributed by atoms with Crippen LogP contribution in [0.25, 0.3) is 0 Å². The summed E-state index contributed by atoms with van der Waals surface area (Å²) in [5.74, 6) is -0.736. The lowest BCUT2D eigenvalue weighted by atomic mass is 9.86. The van der Waals surface area contributed by atoms with Gasteiger partial charge < -0.3 is 20.7 Å². The number of carboxylic acid groups (broad SMARTS) is 1. The van der Waals surface area contributed by atoms with E-state index in [1.165, 1.54) is 36.4 Å². The Hall–Kier alpha value is -4.71. The van der Waals surface area contributed by atoms with Crippen molar-refractivity contribution in [2.24, 2.45) is 15.2 Å². The summed E-state index contributed by atoms with van der Waals surface area (Å²) in [6.45, 7) is -0.196. The molecule has 4 N–H and O–H groups in total. The maximum absolute atomic E-state index is 12.8. The second-order valence-electron chi connectivity index (χ2n) is 9.07. The van der Waals surface area contributed by atoms with Crippen LogP contribution in [-0.2, 0) is 15.6 Å². The van der Waals surface area contributed by atoms with Gasteiger partial charge in [-0.2, -0.15) is 13.5 Å². The Kier molecular flexibility index (Phi) is 7.50. The third-order valence-corrected chi connectivity index (χ3v) is 7.82. The van der Waals surface area contributed by atoms with Gasteiger partial charge in [-0.1, -0.05) is 48.0 Å². The average molecular weight is 591 g/mol. The lowest BCUT2D eigenvalue weighted by Crippen LogP contribution is -2.42. The molecule has 1 heterocycles. The lowest BCUT2D eigenvalue weighted by Gasteiger charge is -2.25. The smallest absolute Gasteiger partial charge is 0.335 e. The molecule has 0 fully saturated rings. The SMILES string of the molecule is N/C(=N\S(=O)(=O)c1ccc(Cl)cc1)N1CC(O)(c2ccccc2)C(c2ccc(Oc3cccc(C(=O)O)c3)cc2)=N1. The average Bonchev–Trinajstić information content (AvgIpc) is 3.33. The number of halogens is 1. The molecular weight excluding hydrogens is 568 g/mol. The van der Waals surface area contributed by atoms with Gasteiger partial charge in [-0.05, 0) is 72.3 Å². The molecule has 1 atom stereocenters. The number of benzene rings is 4. The van der Waals surface area contributed by atoms with Gasteiger partial charge in [0, 0.05) is 10.6 Å². The topological polar surface area (TPSA) is 155 Å². The van der Waals surface area contributed by atoms with E-state index in [1.807, 2.05) is 0 Å². The van der Waals surface area contributed by atoms with E-state index < -0.39 is 27.6 Å². The molecule has 0 spiro atoms. The molecule has 1 aliphatic rings. The number of carboxylic acids is 1. The quantitative estimate of drug-likeness (QED) is 0.211. The Morgan fingerprint density at radius 2 is 1.63 bits per heavy atom. The van der Waals surface area contributed by atoms with Crippen LogP contribution < -0.4 is 10.5 Å². The third-order valence-electron chi connectivity index (χ3n) is 6.28. The number of hydrogen-bond donors (Lipinski definition) is 3. The fourth-order valence-electron chi connectivity index (χ4n) is 4.24. The molecule has 0 amide bonds. The van der Waals surface area contributed by atoms with Crippen molar-refractivity contribution in [3.05, 3.63) is 125 Å². The van der Waals surface area contributed by atoms with Crippen molar-refractivity contribution in [1.29, 1.82) is 0 Å². The predicted molar refractivity (Wildman–Crippen MR) is 154 cm³/mol. The lowest BCUT2D eigenvalue weighted by molar-refractivity contribution is 0.0696. The molecule has 4 aromatic carbocycles. The molecule has 41 heavy (non-hydrogen) atoms. The molecule has 0 aliphatic carbocycles. The Balaban J connectivity index is 1.47. The second-order valence-corrected chi connectivity index (χ2v) is 11.1. The number of carbonyl (C=O) groups is 1. The van der Waals surface area contributed by atoms with Gasteiger partial charge in [0.25, 0.3) is 10.0 Å². The molecule has 1 unspecified atom stereocenters. The number of aliphatic hydroxyl groups is 1. The zero-order chi connectivity index (χ0) is 29.2. The van der Waals surface area contributed by atoms with Crippen molar-refractivity contribution in [2.75, 3.05) is 6.54 Å². The zero-order valence-corrected chi connectivity index (χ0v) is 22.8. The minimum atomic E-state index is -4.18. The van der Waals surface area contributed by atoms with Crippen LogP contribution in [0.5, 0.6) is 11.5 Å². The summed E-state index contributed by atoms with van der Waals surface area (Å²) in [4.78, 5) is 11.2. The molecule has 208 valence electrons. The van der Waals surface area contributed by atoms with E-state index in [0.29, 0.717) is 27.6 Å². The first-order chi connectivity index (χ1) is 19.5. The van der Waals surface area contributed by atoms with Gasteiger partial charge in [-0.25, -0.2) is 9.80 Å². The first kappa shape index (κ1) is 27.8. The van der Waals surface area contributed by atoms with Crippen molar-refractivity contribution in [3.8, 4) is 11.5 Å². The minimum Gasteiger partial charge on any atom is -0.478 e. The summed E-state index contributed by atoms with van der Waals surface area (Å²) in [5.41, 5.74) is 5.77. The highest BCUT2D eigenvalue weighted by molar-refractivity contribution is 7.90. The van der Waals surface area contributed by atoms with Crippen LogP contribution in [0.4, 0.5) is 0 Å². The van der Waals surface area contributed by atoms with Crippen LogP contribution in [0, 0.1) is 0 Å². The van der Waals surface area contributed by atoms with Crippen molar-refractivity contribution in [3.63, 3.8) is 0 Å². The number of nitrogens with two attached hydrogens (primary N) is 1. The summed E-state index contributed by atoms with van der Waals surface area (Å²) >= 11 is 5.86. The highest BCUT2D eigenvalue weighted by Gasteiger charge is 2.44. The second kappa shape index (κ2) is 11.0. The van der Waals surface area contributed by atoms with Crippen LogP contribution in [0.15, 0.2) is 118 Å². The van der Waals surface area contributed by atoms with Gasteiger partial charge in [-0.3, -0.25) is 0 Å². The molecule has 12 heteroatoms. The van der Waals surface area contributed by atoms with Gasteiger partial charge >= 0.3 is 5.97 Å². The van der Waals surface area contributed by atoms with Gasteiger partial charge in [0.05, 0.1) is 17.0 Å². The molecule has 0 saturated carbocycles. The molecule has 0 bridgehead atoms. The number of nitrogens with zero attached hydrogens (tertiary/aromatic N) is 3. The van der Waals surface area contributed by atoms with E-state index in [2.05, 4.69) is 9.50 Å². The Morgan fingerprint density at radius 1 is 0.951 bits per heavy atom. The molecule has 0 radical (unpaired) electrons. The summed E-state index contributed by atoms with van der Waals surface area (Å²) in [6, 6.07) is 27.0. The van der Waals surface area contributed by atoms with Crippen molar-refractivity contribution >= 4 is 39.3 Å². The van der Waals surface area contributed by atoms with Gasteiger partial charge in [0.1, 0.15) is 17.2 Å². The van der Waals surface area contributed by atoms with E-state index in [4.69, 9.17) is 22.1 Å². The molecule has 4 aromatic rings. The first-order valence-electron chi connectivity index (χ1n) is 12.2. The summed E-state index contributed by atoms with van der Waals surface area (Å²) in [5, 5.41) is 27.1. The van der Waals surface area contributed by atoms with Crippen LogP contribution in [0.1, 0.15) is 21.5 Å². The molecular formula is C29H23ClN4O6S. The molecule has 10 nitrogen and oxygen atoms in total. The molecule has 5 rings (SSSR count). The molecule has 1 aliphatic heterocycles. The van der Waals surface area contributed by atoms with E-state index in [-0.39, 0.29) is 22.7 Å². The first-order valence-corrected chi connectivity index (χ1v) is 14.0. The Morgan fingerprint density at radius 3 is 2.29 bits per heavy atom. The largest absolute Gasteiger partial charge is 0.478 e. The van der Waals surface area contributed by atoms with E-state index in [1.54, 1.807) is 66.7 Å². The standard InChI is InChI=1S/C29H23ClN4O6S/c30-22-11-15-25(16-12-22)41(38,39)33-28(31)34-18-29(37,21-6-2-1-3-7-21)26(32-34)19-9-13-23(14-10-19)40-24-8-4-5-20(17-24)27(35)36/h1-17,37H,18H2,(H2,31,33)(H,35,36). The van der Waals surface area contributed by atoms with Crippen LogP contribution in [0.3, 0.4) is 0 Å². The molecule has 0 saturated heterocycles. The fourth-order valence-corrected chi connectivity index (χ4v) is 5.29. The van der Waals surface area contributed by atoms with Crippen molar-refractivity contribution < 1.29 is 28.2 Å². The minimum absolute atomic E-state index is 0.0878. The van der Waals surface area contributed by atoms with Crippen LogP contribution in [0.2, 0.25) is 5.02 Å². The molecule has 0 aromatic heterocycles. The normalized spacial score (nSPS) is 17.3. The number of β-amino-alcohol motifs (C(OH)–C–C–N with tert-alkyl or cyclic N) is 1. The van der Waals surface area contributed by atoms with Crippen molar-refractivity contribution in [1.82, 2.24) is 5.01 Å². The monoisotopic (exact) mass is 590 g/mol. The third kappa shape index (κ3) is 5.92. The van der Waals surface area contributed by atoms with E-state index in [0.717, 1.165) is 5.01 Å². The predicted octanol–water partition coefficient (Wildman–Crippen LogP) is 4.44. The zero-order valence-electron chi connectivity index (χ0n) is 21.3. The number of hydrazone groups is 1. The van der Waals surface area contributed by atoms with Crippen LogP contribution in [-0.4, -0.2) is 47.8 Å². The number of hydrogen-bond acceptors (Lipinski definition) is 6. The summed E-state index contributed by atoms with van der Waals surface area (Å²) in [6.07, 6.45) is 0.